The van der Waals surface area contributed by atoms with Gasteiger partial charge < -0.3 is 16.4 Å². The van der Waals surface area contributed by atoms with Gasteiger partial charge in [0.25, 0.3) is 0 Å². The van der Waals surface area contributed by atoms with E-state index in [4.69, 9.17) is 23.1 Å². The molecule has 1 aromatic heterocycles. The van der Waals surface area contributed by atoms with Crippen molar-refractivity contribution in [3.05, 3.63) is 22.8 Å². The highest BCUT2D eigenvalue weighted by molar-refractivity contribution is 6.33. The van der Waals surface area contributed by atoms with Gasteiger partial charge in [-0.15, -0.1) is 0 Å². The van der Waals surface area contributed by atoms with Crippen LogP contribution in [0.3, 0.4) is 0 Å². The van der Waals surface area contributed by atoms with E-state index >= 15 is 0 Å². The molecule has 6 N–H and O–H groups in total. The third kappa shape index (κ3) is 3.17. The molecule has 0 aromatic carbocycles. The molecule has 2 atom stereocenters. The molecule has 2 saturated heterocycles. The van der Waals surface area contributed by atoms with Crippen molar-refractivity contribution in [2.24, 2.45) is 17.4 Å². The molecule has 0 radical (unpaired) electrons. The fraction of sp³-hybridized carbons (Fsp3) is 0.571. The van der Waals surface area contributed by atoms with E-state index in [0.717, 1.165) is 38.2 Å². The summed E-state index contributed by atoms with van der Waals surface area (Å²) in [6.07, 6.45) is 4.60. The molecule has 8 heteroatoms. The molecule has 0 aliphatic carbocycles. The number of pyridine rings is 1. The average molecular weight is 325 g/mol. The SMILES string of the molecule is NC(=O)c1cnc(N2CCC(C3CC(N)NN3)CC2)c(Cl)c1. The van der Waals surface area contributed by atoms with Crippen molar-refractivity contribution in [3.63, 3.8) is 0 Å². The Morgan fingerprint density at radius 3 is 2.64 bits per heavy atom. The molecule has 1 aromatic rings. The molecular weight excluding hydrogens is 304 g/mol. The summed E-state index contributed by atoms with van der Waals surface area (Å²) in [5.74, 6) is 0.802. The quantitative estimate of drug-likeness (QED) is 0.632. The molecule has 22 heavy (non-hydrogen) atoms. The fourth-order valence-corrected chi connectivity index (χ4v) is 3.51. The van der Waals surface area contributed by atoms with E-state index < -0.39 is 5.91 Å². The first-order valence-corrected chi connectivity index (χ1v) is 7.89. The van der Waals surface area contributed by atoms with Gasteiger partial charge in [-0.3, -0.25) is 10.2 Å². The van der Waals surface area contributed by atoms with Gasteiger partial charge in [0.15, 0.2) is 0 Å². The number of hydrogen-bond donors (Lipinski definition) is 4. The summed E-state index contributed by atoms with van der Waals surface area (Å²) in [4.78, 5) is 17.6. The molecule has 1 amide bonds. The van der Waals surface area contributed by atoms with E-state index in [9.17, 15) is 4.79 Å². The van der Waals surface area contributed by atoms with Crippen LogP contribution in [0.1, 0.15) is 29.6 Å². The highest BCUT2D eigenvalue weighted by Crippen LogP contribution is 2.30. The first-order chi connectivity index (χ1) is 10.5. The smallest absolute Gasteiger partial charge is 0.250 e. The number of amides is 1. The Morgan fingerprint density at radius 2 is 2.09 bits per heavy atom. The monoisotopic (exact) mass is 324 g/mol. The molecule has 7 nitrogen and oxygen atoms in total. The van der Waals surface area contributed by atoms with Crippen molar-refractivity contribution in [1.82, 2.24) is 15.8 Å². The predicted molar refractivity (Wildman–Crippen MR) is 85.4 cm³/mol. The minimum Gasteiger partial charge on any atom is -0.366 e. The molecule has 3 heterocycles. The van der Waals surface area contributed by atoms with Crippen LogP contribution >= 0.6 is 11.6 Å². The summed E-state index contributed by atoms with van der Waals surface area (Å²) < 4.78 is 0. The first kappa shape index (κ1) is 15.5. The van der Waals surface area contributed by atoms with Crippen LogP contribution in [0, 0.1) is 5.92 Å². The van der Waals surface area contributed by atoms with Crippen LogP contribution in [0.4, 0.5) is 5.82 Å². The largest absolute Gasteiger partial charge is 0.366 e. The van der Waals surface area contributed by atoms with Crippen LogP contribution in [0.25, 0.3) is 0 Å². The average Bonchev–Trinajstić information content (AvgIpc) is 2.94. The lowest BCUT2D eigenvalue weighted by Gasteiger charge is -2.35. The van der Waals surface area contributed by atoms with Gasteiger partial charge in [-0.1, -0.05) is 11.6 Å². The van der Waals surface area contributed by atoms with E-state index in [0.29, 0.717) is 22.5 Å². The lowest BCUT2D eigenvalue weighted by molar-refractivity contribution is 0.1000. The van der Waals surface area contributed by atoms with Gasteiger partial charge in [-0.25, -0.2) is 10.4 Å². The number of hydrazine groups is 1. The normalized spacial score (nSPS) is 26.4. The van der Waals surface area contributed by atoms with Crippen LogP contribution in [-0.4, -0.2) is 36.2 Å². The lowest BCUT2D eigenvalue weighted by atomic mass is 9.88. The predicted octanol–water partition coefficient (Wildman–Crippen LogP) is 0.202. The Bertz CT molecular complexity index is 560. The number of nitrogens with zero attached hydrogens (tertiary/aromatic N) is 2. The van der Waals surface area contributed by atoms with Crippen LogP contribution in [-0.2, 0) is 0 Å². The summed E-state index contributed by atoms with van der Waals surface area (Å²) in [6.45, 7) is 1.78. The molecule has 2 aliphatic heterocycles. The number of primary amides is 1. The molecule has 0 saturated carbocycles. The Labute approximate surface area is 134 Å². The van der Waals surface area contributed by atoms with E-state index in [-0.39, 0.29) is 6.17 Å². The minimum absolute atomic E-state index is 0.0421. The second-order valence-electron chi connectivity index (χ2n) is 5.96. The number of carbonyl (C=O) groups excluding carboxylic acids is 1. The Kier molecular flexibility index (Phi) is 4.49. The van der Waals surface area contributed by atoms with E-state index in [1.54, 1.807) is 6.07 Å². The Morgan fingerprint density at radius 1 is 1.36 bits per heavy atom. The molecule has 0 spiro atoms. The number of rotatable bonds is 3. The molecule has 3 rings (SSSR count). The Balaban J connectivity index is 1.63. The van der Waals surface area contributed by atoms with Crippen molar-refractivity contribution < 1.29 is 4.79 Å². The van der Waals surface area contributed by atoms with Gasteiger partial charge in [0.2, 0.25) is 5.91 Å². The van der Waals surface area contributed by atoms with Gasteiger partial charge >= 0.3 is 0 Å². The van der Waals surface area contributed by atoms with Gasteiger partial charge in [0.1, 0.15) is 5.82 Å². The third-order valence-corrected chi connectivity index (χ3v) is 4.75. The summed E-state index contributed by atoms with van der Waals surface area (Å²) >= 11 is 6.24. The van der Waals surface area contributed by atoms with Crippen LogP contribution < -0.4 is 27.2 Å². The molecular formula is C14H21ClN6O. The zero-order valence-electron chi connectivity index (χ0n) is 12.3. The van der Waals surface area contributed by atoms with Crippen molar-refractivity contribution in [2.45, 2.75) is 31.5 Å². The van der Waals surface area contributed by atoms with Crippen molar-refractivity contribution in [2.75, 3.05) is 18.0 Å². The number of aromatic nitrogens is 1. The van der Waals surface area contributed by atoms with Crippen molar-refractivity contribution >= 4 is 23.3 Å². The van der Waals surface area contributed by atoms with Gasteiger partial charge in [0, 0.05) is 25.3 Å². The maximum Gasteiger partial charge on any atom is 0.250 e. The van der Waals surface area contributed by atoms with Gasteiger partial charge in [-0.2, -0.15) is 0 Å². The van der Waals surface area contributed by atoms with E-state index in [1.165, 1.54) is 6.20 Å². The zero-order chi connectivity index (χ0) is 15.7. The number of anilines is 1. The highest BCUT2D eigenvalue weighted by Gasteiger charge is 2.31. The summed E-state index contributed by atoms with van der Waals surface area (Å²) in [7, 11) is 0. The van der Waals surface area contributed by atoms with Crippen LogP contribution in [0.15, 0.2) is 12.3 Å². The van der Waals surface area contributed by atoms with E-state index in [2.05, 4.69) is 20.7 Å². The fourth-order valence-electron chi connectivity index (χ4n) is 3.23. The molecule has 2 fully saturated rings. The molecule has 2 aliphatic rings. The number of carbonyl (C=O) groups is 1. The number of halogens is 1. The number of hydrogen-bond acceptors (Lipinski definition) is 6. The number of nitrogens with two attached hydrogens (primary N) is 2. The summed E-state index contributed by atoms with van der Waals surface area (Å²) in [5.41, 5.74) is 17.8. The van der Waals surface area contributed by atoms with E-state index in [1.807, 2.05) is 0 Å². The molecule has 0 bridgehead atoms. The lowest BCUT2D eigenvalue weighted by Crippen LogP contribution is -2.43. The van der Waals surface area contributed by atoms with Crippen molar-refractivity contribution in [3.8, 4) is 0 Å². The first-order valence-electron chi connectivity index (χ1n) is 7.51. The maximum absolute atomic E-state index is 11.1. The minimum atomic E-state index is -0.518. The zero-order valence-corrected chi connectivity index (χ0v) is 13.0. The maximum atomic E-state index is 11.1. The second kappa shape index (κ2) is 6.37. The Hall–Kier alpha value is -1.41. The van der Waals surface area contributed by atoms with Crippen molar-refractivity contribution in [1.29, 1.82) is 0 Å². The standard InChI is InChI=1S/C14H21ClN6O/c15-10-5-9(13(17)22)7-18-14(10)21-3-1-8(2-4-21)11-6-12(16)20-19-11/h5,7-8,11-12,19-20H,1-4,6,16H2,(H2,17,22). The highest BCUT2D eigenvalue weighted by atomic mass is 35.5. The third-order valence-electron chi connectivity index (χ3n) is 4.48. The second-order valence-corrected chi connectivity index (χ2v) is 6.36. The summed E-state index contributed by atoms with van der Waals surface area (Å²) in [5, 5.41) is 0.470. The molecule has 120 valence electrons. The van der Waals surface area contributed by atoms with Gasteiger partial charge in [-0.05, 0) is 31.2 Å². The number of nitrogens with one attached hydrogen (secondary N) is 2. The number of piperidine rings is 1. The van der Waals surface area contributed by atoms with Gasteiger partial charge in [0.05, 0.1) is 16.8 Å². The molecule has 2 unspecified atom stereocenters. The topological polar surface area (TPSA) is 109 Å². The van der Waals surface area contributed by atoms with Crippen LogP contribution in [0.2, 0.25) is 5.02 Å². The summed E-state index contributed by atoms with van der Waals surface area (Å²) in [6, 6.07) is 2.01. The van der Waals surface area contributed by atoms with Crippen LogP contribution in [0.5, 0.6) is 0 Å².